The van der Waals surface area contributed by atoms with Gasteiger partial charge in [-0.1, -0.05) is 17.7 Å². The topological polar surface area (TPSA) is 72.2 Å². The van der Waals surface area contributed by atoms with E-state index < -0.39 is 5.91 Å². The molecule has 4 heteroatoms. The minimum Gasteiger partial charge on any atom is -0.294 e. The monoisotopic (exact) mass is 192 g/mol. The highest BCUT2D eigenvalue weighted by molar-refractivity contribution is 6.07. The first-order valence-electron chi connectivity index (χ1n) is 4.18. The van der Waals surface area contributed by atoms with Crippen LogP contribution in [0.25, 0.3) is 0 Å². The summed E-state index contributed by atoms with van der Waals surface area (Å²) >= 11 is 0. The van der Waals surface area contributed by atoms with Crippen LogP contribution in [0, 0.1) is 6.92 Å². The van der Waals surface area contributed by atoms with Crippen molar-refractivity contribution in [2.45, 2.75) is 13.8 Å². The molecule has 74 valence electrons. The molecular weight excluding hydrogens is 180 g/mol. The van der Waals surface area contributed by atoms with Crippen molar-refractivity contribution in [1.29, 1.82) is 0 Å². The van der Waals surface area contributed by atoms with Crippen LogP contribution in [0.3, 0.4) is 0 Å². The Balaban J connectivity index is 3.29. The molecule has 1 amide bonds. The lowest BCUT2D eigenvalue weighted by molar-refractivity contribution is 0.0939. The number of rotatable bonds is 2. The van der Waals surface area contributed by atoms with Gasteiger partial charge in [-0.3, -0.25) is 15.0 Å². The number of ketones is 1. The van der Waals surface area contributed by atoms with Crippen LogP contribution in [0.1, 0.15) is 33.2 Å². The van der Waals surface area contributed by atoms with Crippen molar-refractivity contribution in [3.8, 4) is 0 Å². The van der Waals surface area contributed by atoms with E-state index in [1.54, 1.807) is 18.2 Å². The summed E-state index contributed by atoms with van der Waals surface area (Å²) in [6.45, 7) is 3.26. The molecule has 14 heavy (non-hydrogen) atoms. The van der Waals surface area contributed by atoms with Gasteiger partial charge in [-0.2, -0.15) is 0 Å². The van der Waals surface area contributed by atoms with Crippen molar-refractivity contribution in [2.75, 3.05) is 0 Å². The number of benzene rings is 1. The molecule has 0 saturated heterocycles. The standard InChI is InChI=1S/C10H12N2O2/c1-6-3-4-8(7(2)13)9(5-6)10(14)12-11/h3-5H,11H2,1-2H3,(H,12,14). The van der Waals surface area contributed by atoms with Gasteiger partial charge < -0.3 is 0 Å². The molecule has 0 heterocycles. The van der Waals surface area contributed by atoms with Crippen LogP contribution in [-0.2, 0) is 0 Å². The molecule has 0 unspecified atom stereocenters. The lowest BCUT2D eigenvalue weighted by Crippen LogP contribution is -2.31. The first-order valence-corrected chi connectivity index (χ1v) is 4.18. The molecule has 0 aromatic heterocycles. The van der Waals surface area contributed by atoms with Crippen LogP contribution < -0.4 is 11.3 Å². The maximum Gasteiger partial charge on any atom is 0.265 e. The zero-order valence-corrected chi connectivity index (χ0v) is 8.13. The molecule has 0 bridgehead atoms. The quantitative estimate of drug-likeness (QED) is 0.315. The molecule has 4 nitrogen and oxygen atoms in total. The molecule has 0 radical (unpaired) electrons. The van der Waals surface area contributed by atoms with E-state index in [4.69, 9.17) is 5.84 Å². The number of carbonyl (C=O) groups is 2. The second-order valence-corrected chi connectivity index (χ2v) is 3.08. The summed E-state index contributed by atoms with van der Waals surface area (Å²) in [5.41, 5.74) is 3.63. The van der Waals surface area contributed by atoms with Crippen LogP contribution in [-0.4, -0.2) is 11.7 Å². The summed E-state index contributed by atoms with van der Waals surface area (Å²) in [5.74, 6) is 4.42. The predicted octanol–water partition coefficient (Wildman–Crippen LogP) is 0.801. The summed E-state index contributed by atoms with van der Waals surface area (Å²) in [7, 11) is 0. The third kappa shape index (κ3) is 1.97. The molecule has 0 aliphatic heterocycles. The zero-order valence-electron chi connectivity index (χ0n) is 8.13. The van der Waals surface area contributed by atoms with Gasteiger partial charge in [0.2, 0.25) is 0 Å². The van der Waals surface area contributed by atoms with Crippen LogP contribution in [0.4, 0.5) is 0 Å². The Hall–Kier alpha value is -1.68. The lowest BCUT2D eigenvalue weighted by atomic mass is 10.0. The Bertz CT molecular complexity index is 386. The molecule has 0 saturated carbocycles. The molecule has 1 rings (SSSR count). The zero-order chi connectivity index (χ0) is 10.7. The minimum absolute atomic E-state index is 0.149. The van der Waals surface area contributed by atoms with Gasteiger partial charge in [0.15, 0.2) is 5.78 Å². The van der Waals surface area contributed by atoms with Gasteiger partial charge in [0.25, 0.3) is 5.91 Å². The molecule has 0 atom stereocenters. The highest BCUT2D eigenvalue weighted by Gasteiger charge is 2.13. The van der Waals surface area contributed by atoms with E-state index in [2.05, 4.69) is 0 Å². The smallest absolute Gasteiger partial charge is 0.265 e. The van der Waals surface area contributed by atoms with E-state index in [-0.39, 0.29) is 5.78 Å². The number of amides is 1. The van der Waals surface area contributed by atoms with Gasteiger partial charge in [0.1, 0.15) is 0 Å². The van der Waals surface area contributed by atoms with Crippen molar-refractivity contribution in [1.82, 2.24) is 5.43 Å². The number of hydrazine groups is 1. The largest absolute Gasteiger partial charge is 0.294 e. The fourth-order valence-corrected chi connectivity index (χ4v) is 1.23. The van der Waals surface area contributed by atoms with Gasteiger partial charge in [0.05, 0.1) is 5.56 Å². The maximum absolute atomic E-state index is 11.3. The first-order chi connectivity index (χ1) is 6.56. The molecule has 1 aromatic rings. The SMILES string of the molecule is CC(=O)c1ccc(C)cc1C(=O)NN. The summed E-state index contributed by atoms with van der Waals surface area (Å²) < 4.78 is 0. The van der Waals surface area contributed by atoms with Crippen molar-refractivity contribution < 1.29 is 9.59 Å². The van der Waals surface area contributed by atoms with E-state index in [1.165, 1.54) is 6.92 Å². The molecule has 0 aliphatic rings. The Kier molecular flexibility index (Phi) is 2.99. The number of Topliss-reactive ketones (excluding diaryl/α,β-unsaturated/α-hetero) is 1. The van der Waals surface area contributed by atoms with Crippen LogP contribution in [0.2, 0.25) is 0 Å². The number of nitrogens with two attached hydrogens (primary N) is 1. The summed E-state index contributed by atoms with van der Waals surface area (Å²) in [5, 5.41) is 0. The van der Waals surface area contributed by atoms with E-state index in [1.807, 2.05) is 12.3 Å². The summed E-state index contributed by atoms with van der Waals surface area (Å²) in [6, 6.07) is 5.05. The molecule has 0 fully saturated rings. The number of nitrogen functional groups attached to an aromatic ring is 1. The van der Waals surface area contributed by atoms with E-state index in [9.17, 15) is 9.59 Å². The average Bonchev–Trinajstić information content (AvgIpc) is 2.16. The number of aryl methyl sites for hydroxylation is 1. The van der Waals surface area contributed by atoms with Gasteiger partial charge in [-0.25, -0.2) is 5.84 Å². The summed E-state index contributed by atoms with van der Waals surface area (Å²) in [6.07, 6.45) is 0. The van der Waals surface area contributed by atoms with Gasteiger partial charge in [-0.15, -0.1) is 0 Å². The van der Waals surface area contributed by atoms with Gasteiger partial charge in [0, 0.05) is 5.56 Å². The Morgan fingerprint density at radius 3 is 2.43 bits per heavy atom. The van der Waals surface area contributed by atoms with Crippen LogP contribution in [0.5, 0.6) is 0 Å². The van der Waals surface area contributed by atoms with E-state index in [0.717, 1.165) is 5.56 Å². The molecule has 1 aromatic carbocycles. The van der Waals surface area contributed by atoms with Crippen molar-refractivity contribution in [3.05, 3.63) is 34.9 Å². The minimum atomic E-state index is -0.445. The van der Waals surface area contributed by atoms with Crippen molar-refractivity contribution in [3.63, 3.8) is 0 Å². The van der Waals surface area contributed by atoms with Crippen LogP contribution in [0.15, 0.2) is 18.2 Å². The summed E-state index contributed by atoms with van der Waals surface area (Å²) in [4.78, 5) is 22.5. The van der Waals surface area contributed by atoms with Gasteiger partial charge in [-0.05, 0) is 19.9 Å². The first kappa shape index (κ1) is 10.4. The molecule has 0 aliphatic carbocycles. The predicted molar refractivity (Wildman–Crippen MR) is 52.8 cm³/mol. The van der Waals surface area contributed by atoms with Crippen molar-refractivity contribution in [2.24, 2.45) is 5.84 Å². The normalized spacial score (nSPS) is 9.64. The average molecular weight is 192 g/mol. The van der Waals surface area contributed by atoms with E-state index in [0.29, 0.717) is 11.1 Å². The number of hydrogen-bond acceptors (Lipinski definition) is 3. The fourth-order valence-electron chi connectivity index (χ4n) is 1.23. The second-order valence-electron chi connectivity index (χ2n) is 3.08. The van der Waals surface area contributed by atoms with E-state index >= 15 is 0 Å². The fraction of sp³-hybridized carbons (Fsp3) is 0.200. The number of carbonyl (C=O) groups excluding carboxylic acids is 2. The third-order valence-corrected chi connectivity index (χ3v) is 1.93. The Morgan fingerprint density at radius 1 is 1.29 bits per heavy atom. The Labute approximate surface area is 82.1 Å². The van der Waals surface area contributed by atoms with Crippen LogP contribution >= 0.6 is 0 Å². The third-order valence-electron chi connectivity index (χ3n) is 1.93. The van der Waals surface area contributed by atoms with Crippen molar-refractivity contribution >= 4 is 11.7 Å². The maximum atomic E-state index is 11.3. The second kappa shape index (κ2) is 4.02. The highest BCUT2D eigenvalue weighted by Crippen LogP contribution is 2.12. The highest BCUT2D eigenvalue weighted by atomic mass is 16.2. The number of hydrogen-bond donors (Lipinski definition) is 2. The molecule has 0 spiro atoms. The number of nitrogens with one attached hydrogen (secondary N) is 1. The lowest BCUT2D eigenvalue weighted by Gasteiger charge is -2.06. The Morgan fingerprint density at radius 2 is 1.93 bits per heavy atom. The molecule has 3 N–H and O–H groups in total. The van der Waals surface area contributed by atoms with Gasteiger partial charge >= 0.3 is 0 Å². The molecular formula is C10H12N2O2.